The Morgan fingerprint density at radius 3 is 1.97 bits per heavy atom. The Bertz CT molecular complexity index is 540. The predicted molar refractivity (Wildman–Crippen MR) is 118 cm³/mol. The van der Waals surface area contributed by atoms with Crippen LogP contribution in [0.5, 0.6) is 0 Å². The molecule has 2 atom stereocenters. The van der Waals surface area contributed by atoms with E-state index in [1.54, 1.807) is 6.92 Å². The molecule has 166 valence electrons. The van der Waals surface area contributed by atoms with Crippen molar-refractivity contribution in [2.24, 2.45) is 35.0 Å². The molecule has 3 saturated carbocycles. The summed E-state index contributed by atoms with van der Waals surface area (Å²) >= 11 is 0. The van der Waals surface area contributed by atoms with Crippen molar-refractivity contribution < 1.29 is 14.3 Å². The summed E-state index contributed by atoms with van der Waals surface area (Å²) in [6.45, 7) is 4.08. The fourth-order valence-corrected chi connectivity index (χ4v) is 6.74. The smallest absolute Gasteiger partial charge is 0.319 e. The van der Waals surface area contributed by atoms with E-state index < -0.39 is 5.41 Å². The molecule has 29 heavy (non-hydrogen) atoms. The lowest BCUT2D eigenvalue weighted by Gasteiger charge is -2.42. The van der Waals surface area contributed by atoms with Crippen LogP contribution in [0.1, 0.15) is 110 Å². The second-order valence-electron chi connectivity index (χ2n) is 10.7. The summed E-state index contributed by atoms with van der Waals surface area (Å²) in [6, 6.07) is 0. The monoisotopic (exact) mass is 404 g/mol. The molecule has 3 aliphatic carbocycles. The molecular weight excluding hydrogens is 360 g/mol. The van der Waals surface area contributed by atoms with E-state index in [-0.39, 0.29) is 11.8 Å². The number of ether oxygens (including phenoxy) is 1. The molecule has 3 rings (SSSR count). The number of Topliss-reactive ketones (excluding diaryl/α,β-unsaturated/α-hetero) is 1. The zero-order chi connectivity index (χ0) is 20.9. The van der Waals surface area contributed by atoms with Gasteiger partial charge in [-0.05, 0) is 87.9 Å². The van der Waals surface area contributed by atoms with Crippen LogP contribution >= 0.6 is 0 Å². The van der Waals surface area contributed by atoms with Crippen molar-refractivity contribution >= 4 is 11.8 Å². The largest absolute Gasteiger partial charge is 0.468 e. The van der Waals surface area contributed by atoms with Crippen molar-refractivity contribution in [3.8, 4) is 0 Å². The molecule has 0 spiro atoms. The van der Waals surface area contributed by atoms with Crippen LogP contribution < -0.4 is 0 Å². The molecule has 0 heterocycles. The molecule has 0 radical (unpaired) electrons. The summed E-state index contributed by atoms with van der Waals surface area (Å²) in [6.07, 6.45) is 19.1. The number of esters is 1. The minimum atomic E-state index is -0.891. The van der Waals surface area contributed by atoms with Crippen LogP contribution in [-0.4, -0.2) is 18.9 Å². The van der Waals surface area contributed by atoms with Gasteiger partial charge in [0.1, 0.15) is 11.2 Å². The van der Waals surface area contributed by atoms with Gasteiger partial charge in [0.25, 0.3) is 0 Å². The standard InChI is InChI=1S/C26H44O3/c1-4-5-6-7-19-8-10-20(11-9-19)21-12-14-22(15-13-21)23-16-17-26(2,24(27)18-23)25(28)29-3/h19-23H,4-18H2,1-3H3/t19-,20-,21?,22?,23?,26-/m0/s1. The molecule has 0 N–H and O–H groups in total. The molecular formula is C26H44O3. The van der Waals surface area contributed by atoms with E-state index in [0.29, 0.717) is 24.7 Å². The molecule has 1 unspecified atom stereocenters. The normalized spacial score (nSPS) is 38.6. The topological polar surface area (TPSA) is 43.4 Å². The Kier molecular flexibility index (Phi) is 8.22. The number of rotatable bonds is 7. The van der Waals surface area contributed by atoms with Crippen LogP contribution in [0.15, 0.2) is 0 Å². The van der Waals surface area contributed by atoms with Crippen molar-refractivity contribution in [2.75, 3.05) is 7.11 Å². The van der Waals surface area contributed by atoms with Gasteiger partial charge in [-0.3, -0.25) is 9.59 Å². The van der Waals surface area contributed by atoms with Crippen molar-refractivity contribution in [3.63, 3.8) is 0 Å². The van der Waals surface area contributed by atoms with Gasteiger partial charge in [-0.15, -0.1) is 0 Å². The minimum Gasteiger partial charge on any atom is -0.468 e. The third kappa shape index (κ3) is 5.44. The number of unbranched alkanes of at least 4 members (excludes halogenated alkanes) is 2. The first-order chi connectivity index (χ1) is 14.0. The predicted octanol–water partition coefficient (Wildman–Crippen LogP) is 6.73. The Labute approximate surface area is 178 Å². The molecule has 0 aromatic carbocycles. The molecule has 0 bridgehead atoms. The van der Waals surface area contributed by atoms with Crippen molar-refractivity contribution in [1.82, 2.24) is 0 Å². The number of ketones is 1. The van der Waals surface area contributed by atoms with E-state index in [0.717, 1.165) is 24.2 Å². The van der Waals surface area contributed by atoms with E-state index in [2.05, 4.69) is 6.92 Å². The lowest BCUT2D eigenvalue weighted by Crippen LogP contribution is -2.43. The van der Waals surface area contributed by atoms with Gasteiger partial charge in [0.2, 0.25) is 0 Å². The minimum absolute atomic E-state index is 0.115. The van der Waals surface area contributed by atoms with Gasteiger partial charge >= 0.3 is 5.97 Å². The quantitative estimate of drug-likeness (QED) is 0.268. The summed E-state index contributed by atoms with van der Waals surface area (Å²) in [5.41, 5.74) is -0.891. The van der Waals surface area contributed by atoms with Gasteiger partial charge in [0.15, 0.2) is 0 Å². The average molecular weight is 405 g/mol. The number of hydrogen-bond donors (Lipinski definition) is 0. The van der Waals surface area contributed by atoms with Gasteiger partial charge in [0, 0.05) is 6.42 Å². The van der Waals surface area contributed by atoms with E-state index in [9.17, 15) is 9.59 Å². The van der Waals surface area contributed by atoms with Crippen LogP contribution in [0.3, 0.4) is 0 Å². The number of hydrogen-bond acceptors (Lipinski definition) is 3. The molecule has 3 aliphatic rings. The third-order valence-electron chi connectivity index (χ3n) is 8.97. The van der Waals surface area contributed by atoms with E-state index in [1.165, 1.54) is 84.2 Å². The van der Waals surface area contributed by atoms with Crippen LogP contribution in [0, 0.1) is 35.0 Å². The zero-order valence-corrected chi connectivity index (χ0v) is 19.2. The number of methoxy groups -OCH3 is 1. The molecule has 3 nitrogen and oxygen atoms in total. The van der Waals surface area contributed by atoms with E-state index >= 15 is 0 Å². The first-order valence-electron chi connectivity index (χ1n) is 12.6. The Morgan fingerprint density at radius 1 is 0.897 bits per heavy atom. The summed E-state index contributed by atoms with van der Waals surface area (Å²) in [4.78, 5) is 24.8. The fraction of sp³-hybridized carbons (Fsp3) is 0.923. The highest BCUT2D eigenvalue weighted by atomic mass is 16.5. The van der Waals surface area contributed by atoms with Crippen LogP contribution in [0.4, 0.5) is 0 Å². The van der Waals surface area contributed by atoms with E-state index in [1.807, 2.05) is 0 Å². The highest BCUT2D eigenvalue weighted by molar-refractivity contribution is 6.03. The summed E-state index contributed by atoms with van der Waals surface area (Å²) in [5.74, 6) is 3.88. The van der Waals surface area contributed by atoms with Crippen LogP contribution in [0.2, 0.25) is 0 Å². The van der Waals surface area contributed by atoms with Gasteiger partial charge in [-0.2, -0.15) is 0 Å². The Balaban J connectivity index is 1.40. The van der Waals surface area contributed by atoms with Gasteiger partial charge in [0.05, 0.1) is 7.11 Å². The fourth-order valence-electron chi connectivity index (χ4n) is 6.74. The van der Waals surface area contributed by atoms with Gasteiger partial charge in [-0.25, -0.2) is 0 Å². The maximum atomic E-state index is 12.7. The average Bonchev–Trinajstić information content (AvgIpc) is 2.76. The van der Waals surface area contributed by atoms with E-state index in [4.69, 9.17) is 4.74 Å². The Morgan fingerprint density at radius 2 is 1.45 bits per heavy atom. The molecule has 0 aromatic heterocycles. The molecule has 0 aliphatic heterocycles. The Hall–Kier alpha value is -0.860. The molecule has 0 amide bonds. The number of carbonyl (C=O) groups is 2. The van der Waals surface area contributed by atoms with Crippen molar-refractivity contribution in [1.29, 1.82) is 0 Å². The molecule has 3 fully saturated rings. The van der Waals surface area contributed by atoms with Crippen molar-refractivity contribution in [2.45, 2.75) is 110 Å². The molecule has 3 heteroatoms. The summed E-state index contributed by atoms with van der Waals surface area (Å²) in [7, 11) is 1.40. The highest BCUT2D eigenvalue weighted by Gasteiger charge is 2.47. The van der Waals surface area contributed by atoms with Gasteiger partial charge in [-0.1, -0.05) is 45.4 Å². The third-order valence-corrected chi connectivity index (χ3v) is 8.97. The SMILES string of the molecule is CCCCC[C@H]1CC[C@H](C2CCC(C3CC[C@](C)(C(=O)OC)C(=O)C3)CC2)CC1. The maximum Gasteiger partial charge on any atom is 0.319 e. The second kappa shape index (κ2) is 10.4. The van der Waals surface area contributed by atoms with Crippen molar-refractivity contribution in [3.05, 3.63) is 0 Å². The van der Waals surface area contributed by atoms with Crippen LogP contribution in [-0.2, 0) is 14.3 Å². The maximum absolute atomic E-state index is 12.7. The molecule has 0 saturated heterocycles. The van der Waals surface area contributed by atoms with Gasteiger partial charge < -0.3 is 4.74 Å². The lowest BCUT2D eigenvalue weighted by molar-refractivity contribution is -0.160. The lowest BCUT2D eigenvalue weighted by atomic mass is 9.62. The molecule has 0 aromatic rings. The summed E-state index contributed by atoms with van der Waals surface area (Å²) < 4.78 is 4.90. The summed E-state index contributed by atoms with van der Waals surface area (Å²) in [5, 5.41) is 0. The second-order valence-corrected chi connectivity index (χ2v) is 10.7. The van der Waals surface area contributed by atoms with Crippen LogP contribution in [0.25, 0.3) is 0 Å². The number of carbonyl (C=O) groups excluding carboxylic acids is 2. The first-order valence-corrected chi connectivity index (χ1v) is 12.6. The zero-order valence-electron chi connectivity index (χ0n) is 19.2. The first kappa shape index (κ1) is 22.8. The highest BCUT2D eigenvalue weighted by Crippen LogP contribution is 2.47.